The number of carbonyl (C=O) groups excluding carboxylic acids is 2. The van der Waals surface area contributed by atoms with Crippen molar-refractivity contribution >= 4 is 38.2 Å². The minimum atomic E-state index is -3.60. The van der Waals surface area contributed by atoms with Gasteiger partial charge in [-0.05, 0) is 74.2 Å². The van der Waals surface area contributed by atoms with Gasteiger partial charge in [0.05, 0.1) is 17.1 Å². The van der Waals surface area contributed by atoms with Crippen LogP contribution in [0.1, 0.15) is 62.9 Å². The smallest absolute Gasteiger partial charge is 0.341 e. The van der Waals surface area contributed by atoms with Gasteiger partial charge >= 0.3 is 5.97 Å². The van der Waals surface area contributed by atoms with Crippen molar-refractivity contribution in [3.05, 3.63) is 69.6 Å². The number of amides is 1. The Balaban J connectivity index is 1.37. The predicted octanol–water partition coefficient (Wildman–Crippen LogP) is 4.98. The van der Waals surface area contributed by atoms with Crippen molar-refractivity contribution in [1.29, 1.82) is 0 Å². The van der Waals surface area contributed by atoms with Gasteiger partial charge in [0.2, 0.25) is 16.8 Å². The van der Waals surface area contributed by atoms with E-state index >= 15 is 0 Å². The molecular formula is C28H30N2O7S2. The summed E-state index contributed by atoms with van der Waals surface area (Å²) in [5.41, 5.74) is 2.30. The molecule has 0 unspecified atom stereocenters. The Morgan fingerprint density at radius 1 is 1.03 bits per heavy atom. The number of sulfonamides is 1. The minimum absolute atomic E-state index is 0.158. The highest BCUT2D eigenvalue weighted by molar-refractivity contribution is 7.89. The van der Waals surface area contributed by atoms with Crippen LogP contribution < -0.4 is 14.8 Å². The predicted molar refractivity (Wildman–Crippen MR) is 147 cm³/mol. The van der Waals surface area contributed by atoms with E-state index in [2.05, 4.69) is 5.32 Å². The minimum Gasteiger partial charge on any atom is -0.462 e. The van der Waals surface area contributed by atoms with E-state index in [0.717, 1.165) is 35.3 Å². The summed E-state index contributed by atoms with van der Waals surface area (Å²) < 4.78 is 43.6. The zero-order valence-electron chi connectivity index (χ0n) is 21.8. The number of nitrogens with zero attached hydrogens (tertiary/aromatic N) is 1. The number of ether oxygens (including phenoxy) is 3. The standard InChI is InChI=1S/C28H30N2O7S2/c1-3-35-28(32)25-18(2)24(16-19-7-12-22-23(15-19)37-17-36-22)38-27(25)29-26(31)20-8-10-21(11-9-20)39(33,34)30-13-5-4-6-14-30/h7-12,15H,3-6,13-14,16-17H2,1-2H3,(H,29,31). The number of esters is 1. The van der Waals surface area contributed by atoms with Gasteiger partial charge in [0.25, 0.3) is 5.91 Å². The van der Waals surface area contributed by atoms with Gasteiger partial charge in [-0.15, -0.1) is 11.3 Å². The molecule has 9 nitrogen and oxygen atoms in total. The van der Waals surface area contributed by atoms with E-state index in [-0.39, 0.29) is 23.9 Å². The zero-order valence-corrected chi connectivity index (χ0v) is 23.5. The molecule has 1 N–H and O–H groups in total. The second-order valence-corrected chi connectivity index (χ2v) is 12.4. The van der Waals surface area contributed by atoms with Crippen LogP contribution in [0.2, 0.25) is 0 Å². The summed E-state index contributed by atoms with van der Waals surface area (Å²) in [6.45, 7) is 4.96. The van der Waals surface area contributed by atoms with Crippen LogP contribution >= 0.6 is 11.3 Å². The van der Waals surface area contributed by atoms with Crippen LogP contribution in [0.3, 0.4) is 0 Å². The number of fused-ring (bicyclic) bond motifs is 1. The molecule has 39 heavy (non-hydrogen) atoms. The topological polar surface area (TPSA) is 111 Å². The van der Waals surface area contributed by atoms with E-state index in [9.17, 15) is 18.0 Å². The van der Waals surface area contributed by atoms with Gasteiger partial charge in [0.1, 0.15) is 5.00 Å². The van der Waals surface area contributed by atoms with Crippen molar-refractivity contribution in [3.63, 3.8) is 0 Å². The van der Waals surface area contributed by atoms with Crippen LogP contribution in [-0.2, 0) is 21.2 Å². The fourth-order valence-electron chi connectivity index (χ4n) is 4.71. The third-order valence-electron chi connectivity index (χ3n) is 6.82. The molecule has 0 radical (unpaired) electrons. The molecule has 1 amide bonds. The molecule has 1 aromatic heterocycles. The fourth-order valence-corrected chi connectivity index (χ4v) is 7.45. The maximum atomic E-state index is 13.2. The molecule has 11 heteroatoms. The number of hydrogen-bond acceptors (Lipinski definition) is 8. The molecule has 2 aliphatic rings. The van der Waals surface area contributed by atoms with Gasteiger partial charge in [-0.1, -0.05) is 12.5 Å². The maximum Gasteiger partial charge on any atom is 0.341 e. The number of rotatable bonds is 8. The molecule has 3 heterocycles. The summed E-state index contributed by atoms with van der Waals surface area (Å²) in [6, 6.07) is 11.6. The summed E-state index contributed by atoms with van der Waals surface area (Å²) >= 11 is 1.31. The Morgan fingerprint density at radius 3 is 2.46 bits per heavy atom. The Kier molecular flexibility index (Phi) is 7.92. The van der Waals surface area contributed by atoms with E-state index in [1.54, 1.807) is 6.92 Å². The normalized spacial score (nSPS) is 15.2. The first kappa shape index (κ1) is 27.2. The van der Waals surface area contributed by atoms with Crippen molar-refractivity contribution < 1.29 is 32.2 Å². The zero-order chi connectivity index (χ0) is 27.6. The Bertz CT molecular complexity index is 1490. The van der Waals surface area contributed by atoms with Crippen molar-refractivity contribution in [2.75, 3.05) is 31.8 Å². The van der Waals surface area contributed by atoms with Crippen molar-refractivity contribution in [2.24, 2.45) is 0 Å². The monoisotopic (exact) mass is 570 g/mol. The first-order valence-electron chi connectivity index (χ1n) is 12.9. The van der Waals surface area contributed by atoms with Crippen molar-refractivity contribution in [1.82, 2.24) is 4.31 Å². The van der Waals surface area contributed by atoms with Crippen molar-refractivity contribution in [2.45, 2.75) is 44.4 Å². The summed E-state index contributed by atoms with van der Waals surface area (Å²) in [5, 5.41) is 3.24. The number of carbonyl (C=O) groups is 2. The van der Waals surface area contributed by atoms with Gasteiger partial charge < -0.3 is 19.5 Å². The average Bonchev–Trinajstić information content (AvgIpc) is 3.53. The molecule has 3 aromatic rings. The Labute approximate surface area is 231 Å². The van der Waals surface area contributed by atoms with Crippen molar-refractivity contribution in [3.8, 4) is 11.5 Å². The highest BCUT2D eigenvalue weighted by Crippen LogP contribution is 2.38. The summed E-state index contributed by atoms with van der Waals surface area (Å²) in [6.07, 6.45) is 3.25. The Hall–Kier alpha value is -3.41. The van der Waals surface area contributed by atoms with Gasteiger partial charge in [0.15, 0.2) is 11.5 Å². The van der Waals surface area contributed by atoms with Gasteiger partial charge in [-0.3, -0.25) is 4.79 Å². The maximum absolute atomic E-state index is 13.2. The van der Waals surface area contributed by atoms with Gasteiger partial charge in [0, 0.05) is 30.0 Å². The van der Waals surface area contributed by atoms with Gasteiger partial charge in [-0.2, -0.15) is 4.31 Å². The van der Waals surface area contributed by atoms with Crippen LogP contribution in [0.5, 0.6) is 11.5 Å². The molecule has 0 saturated carbocycles. The number of piperidine rings is 1. The lowest BCUT2D eigenvalue weighted by Crippen LogP contribution is -2.35. The molecule has 0 aliphatic carbocycles. The van der Waals surface area contributed by atoms with E-state index in [0.29, 0.717) is 41.6 Å². The quantitative estimate of drug-likeness (QED) is 0.380. The summed E-state index contributed by atoms with van der Waals surface area (Å²) in [4.78, 5) is 27.1. The first-order valence-corrected chi connectivity index (χ1v) is 15.1. The van der Waals surface area contributed by atoms with E-state index in [1.165, 1.54) is 39.9 Å². The van der Waals surface area contributed by atoms with Gasteiger partial charge in [-0.25, -0.2) is 13.2 Å². The molecule has 1 fully saturated rings. The number of anilines is 1. The number of thiophene rings is 1. The summed E-state index contributed by atoms with van der Waals surface area (Å²) in [7, 11) is -3.60. The van der Waals surface area contributed by atoms with Crippen LogP contribution in [0.15, 0.2) is 47.4 Å². The molecule has 0 bridgehead atoms. The SMILES string of the molecule is CCOC(=O)c1c(NC(=O)c2ccc(S(=O)(=O)N3CCCCC3)cc2)sc(Cc2ccc3c(c2)OCO3)c1C. The van der Waals surface area contributed by atoms with E-state index < -0.39 is 21.9 Å². The lowest BCUT2D eigenvalue weighted by Gasteiger charge is -2.25. The van der Waals surface area contributed by atoms with Crippen LogP contribution in [0.4, 0.5) is 5.00 Å². The number of nitrogens with one attached hydrogen (secondary N) is 1. The van der Waals surface area contributed by atoms with E-state index in [1.807, 2.05) is 25.1 Å². The van der Waals surface area contributed by atoms with Crippen LogP contribution in [-0.4, -0.2) is 51.1 Å². The highest BCUT2D eigenvalue weighted by Gasteiger charge is 2.27. The molecule has 206 valence electrons. The number of benzene rings is 2. The molecule has 2 aliphatic heterocycles. The molecule has 1 saturated heterocycles. The second kappa shape index (κ2) is 11.4. The molecule has 2 aromatic carbocycles. The third kappa shape index (κ3) is 5.66. The molecule has 0 atom stereocenters. The van der Waals surface area contributed by atoms with Crippen LogP contribution in [0.25, 0.3) is 0 Å². The Morgan fingerprint density at radius 2 is 1.74 bits per heavy atom. The fraction of sp³-hybridized carbons (Fsp3) is 0.357. The lowest BCUT2D eigenvalue weighted by atomic mass is 10.1. The molecular weight excluding hydrogens is 540 g/mol. The average molecular weight is 571 g/mol. The summed E-state index contributed by atoms with van der Waals surface area (Å²) in [5.74, 6) is 0.406. The molecule has 5 rings (SSSR count). The molecule has 0 spiro atoms. The largest absolute Gasteiger partial charge is 0.462 e. The third-order valence-corrected chi connectivity index (χ3v) is 9.94. The van der Waals surface area contributed by atoms with Crippen LogP contribution in [0, 0.1) is 6.92 Å². The highest BCUT2D eigenvalue weighted by atomic mass is 32.2. The lowest BCUT2D eigenvalue weighted by molar-refractivity contribution is 0.0527. The first-order chi connectivity index (χ1) is 18.8. The number of hydrogen-bond donors (Lipinski definition) is 1. The second-order valence-electron chi connectivity index (χ2n) is 9.38. The van der Waals surface area contributed by atoms with E-state index in [4.69, 9.17) is 14.2 Å².